The third kappa shape index (κ3) is 2.38. The predicted molar refractivity (Wildman–Crippen MR) is 38.2 cm³/mol. The van der Waals surface area contributed by atoms with Crippen LogP contribution in [0.2, 0.25) is 0 Å². The lowest BCUT2D eigenvalue weighted by Crippen LogP contribution is -1.98. The molecule has 0 aliphatic carbocycles. The van der Waals surface area contributed by atoms with Gasteiger partial charge in [-0.15, -0.1) is 12.4 Å². The van der Waals surface area contributed by atoms with Crippen LogP contribution >= 0.6 is 12.4 Å². The minimum Gasteiger partial charge on any atom is -0.396 e. The van der Waals surface area contributed by atoms with Crippen molar-refractivity contribution >= 4 is 12.4 Å². The summed E-state index contributed by atoms with van der Waals surface area (Å²) in [6, 6.07) is 0. The number of hydrogen-bond donors (Lipinski definition) is 1. The monoisotopic (exact) mass is 181 g/mol. The molecule has 1 aromatic rings. The second-order valence-electron chi connectivity index (χ2n) is 1.74. The average Bonchev–Trinajstić information content (AvgIpc) is 2.13. The lowest BCUT2D eigenvalue weighted by molar-refractivity contribution is 0.107. The Morgan fingerprint density at radius 3 is 2.55 bits per heavy atom. The highest BCUT2D eigenvalue weighted by Gasteiger charge is 2.06. The van der Waals surface area contributed by atoms with Crippen LogP contribution in [0.15, 0.2) is 13.6 Å². The molecule has 64 valence electrons. The summed E-state index contributed by atoms with van der Waals surface area (Å²) < 4.78 is 9.04. The molecule has 0 unspecified atom stereocenters. The molecule has 0 spiro atoms. The lowest BCUT2D eigenvalue weighted by Gasteiger charge is -1.89. The maximum atomic E-state index is 10.4. The van der Waals surface area contributed by atoms with Gasteiger partial charge < -0.3 is 8.83 Å². The van der Waals surface area contributed by atoms with Crippen LogP contribution in [0.5, 0.6) is 0 Å². The first-order valence-electron chi connectivity index (χ1n) is 2.65. The summed E-state index contributed by atoms with van der Waals surface area (Å²) in [4.78, 5) is 14.6. The zero-order chi connectivity index (χ0) is 7.56. The van der Waals surface area contributed by atoms with E-state index in [-0.39, 0.29) is 19.0 Å². The largest absolute Gasteiger partial charge is 0.519 e. The Morgan fingerprint density at radius 1 is 1.55 bits per heavy atom. The van der Waals surface area contributed by atoms with E-state index in [9.17, 15) is 4.79 Å². The summed E-state index contributed by atoms with van der Waals surface area (Å²) in [6.45, 7) is 1.65. The molecule has 1 heterocycles. The molecule has 0 atom stereocenters. The smallest absolute Gasteiger partial charge is 0.396 e. The molecule has 0 saturated heterocycles. The third-order valence-electron chi connectivity index (χ3n) is 1.05. The Kier molecular flexibility index (Phi) is 3.88. The minimum absolute atomic E-state index is 0. The first-order valence-corrected chi connectivity index (χ1v) is 2.65. The Balaban J connectivity index is 0.000001000. The summed E-state index contributed by atoms with van der Waals surface area (Å²) in [7, 11) is 0. The van der Waals surface area contributed by atoms with Crippen LogP contribution in [0.3, 0.4) is 0 Å². The van der Waals surface area contributed by atoms with Gasteiger partial charge in [-0.3, -0.25) is 4.84 Å². The number of hydrogen-bond acceptors (Lipinski definition) is 5. The Morgan fingerprint density at radius 2 is 2.18 bits per heavy atom. The number of aryl methyl sites for hydroxylation is 1. The van der Waals surface area contributed by atoms with E-state index in [4.69, 9.17) is 5.90 Å². The maximum absolute atomic E-state index is 10.4. The molecule has 0 fully saturated rings. The second-order valence-corrected chi connectivity index (χ2v) is 1.74. The van der Waals surface area contributed by atoms with Gasteiger partial charge in [-0.1, -0.05) is 0 Å². The van der Waals surface area contributed by atoms with Crippen molar-refractivity contribution in [3.05, 3.63) is 22.1 Å². The molecular weight excluding hydrogens is 174 g/mol. The zero-order valence-corrected chi connectivity index (χ0v) is 6.64. The molecule has 0 amide bonds. The van der Waals surface area contributed by atoms with E-state index in [1.807, 2.05) is 0 Å². The maximum Gasteiger partial charge on any atom is 0.519 e. The molecule has 1 aromatic heterocycles. The number of halogens is 1. The summed E-state index contributed by atoms with van der Waals surface area (Å²) in [5.41, 5.74) is 0. The lowest BCUT2D eigenvalue weighted by atomic mass is 10.4. The van der Waals surface area contributed by atoms with E-state index in [0.717, 1.165) is 0 Å². The molecule has 0 aromatic carbocycles. The quantitative estimate of drug-likeness (QED) is 0.667. The van der Waals surface area contributed by atoms with E-state index in [1.54, 1.807) is 6.92 Å². The van der Waals surface area contributed by atoms with Crippen LogP contribution in [-0.2, 0) is 11.4 Å². The first kappa shape index (κ1) is 10.2. The highest BCUT2D eigenvalue weighted by atomic mass is 35.5. The van der Waals surface area contributed by atoms with Gasteiger partial charge in [-0.25, -0.2) is 10.7 Å². The van der Waals surface area contributed by atoms with Gasteiger partial charge in [-0.05, 0) is 6.92 Å². The molecule has 6 heteroatoms. The predicted octanol–water partition coefficient (Wildman–Crippen LogP) is 0.353. The minimum atomic E-state index is -0.732. The topological polar surface area (TPSA) is 78.6 Å². The summed E-state index contributed by atoms with van der Waals surface area (Å²) in [5.74, 6) is 4.73. The van der Waals surface area contributed by atoms with Crippen molar-refractivity contribution in [3.8, 4) is 0 Å². The molecule has 11 heavy (non-hydrogen) atoms. The van der Waals surface area contributed by atoms with Crippen LogP contribution in [0.25, 0.3) is 0 Å². The molecular formula is C5H8ClNO4. The molecule has 0 radical (unpaired) electrons. The van der Waals surface area contributed by atoms with Crippen molar-refractivity contribution in [3.63, 3.8) is 0 Å². The van der Waals surface area contributed by atoms with Gasteiger partial charge in [0.25, 0.3) is 0 Å². The highest BCUT2D eigenvalue weighted by Crippen LogP contribution is 2.04. The average molecular weight is 182 g/mol. The zero-order valence-electron chi connectivity index (χ0n) is 5.83. The highest BCUT2D eigenvalue weighted by molar-refractivity contribution is 5.85. The van der Waals surface area contributed by atoms with Crippen LogP contribution < -0.4 is 11.7 Å². The van der Waals surface area contributed by atoms with Gasteiger partial charge >= 0.3 is 5.82 Å². The summed E-state index contributed by atoms with van der Waals surface area (Å²) >= 11 is 0. The fraction of sp³-hybridized carbons (Fsp3) is 0.400. The molecule has 0 bridgehead atoms. The van der Waals surface area contributed by atoms with E-state index in [0.29, 0.717) is 11.5 Å². The standard InChI is InChI=1S/C5H7NO4.ClH/c1-3-4(2-8-6)10-5(7)9-3;/h2,6H2,1H3;1H. The van der Waals surface area contributed by atoms with Crippen LogP contribution in [0.1, 0.15) is 11.5 Å². The fourth-order valence-corrected chi connectivity index (χ4v) is 0.582. The number of rotatable bonds is 2. The Labute approximate surface area is 68.5 Å². The van der Waals surface area contributed by atoms with Crippen molar-refractivity contribution in [2.75, 3.05) is 0 Å². The van der Waals surface area contributed by atoms with Crippen molar-refractivity contribution in [1.29, 1.82) is 0 Å². The van der Waals surface area contributed by atoms with Crippen LogP contribution in [0.4, 0.5) is 0 Å². The van der Waals surface area contributed by atoms with Gasteiger partial charge in [-0.2, -0.15) is 0 Å². The van der Waals surface area contributed by atoms with Crippen molar-refractivity contribution < 1.29 is 13.7 Å². The van der Waals surface area contributed by atoms with Gasteiger partial charge in [0.2, 0.25) is 0 Å². The van der Waals surface area contributed by atoms with E-state index >= 15 is 0 Å². The van der Waals surface area contributed by atoms with Crippen molar-refractivity contribution in [2.24, 2.45) is 5.90 Å². The molecule has 0 aliphatic heterocycles. The normalized spacial score (nSPS) is 9.27. The molecule has 0 aliphatic rings. The second kappa shape index (κ2) is 4.17. The first-order chi connectivity index (χ1) is 4.74. The van der Waals surface area contributed by atoms with Crippen LogP contribution in [-0.4, -0.2) is 0 Å². The molecule has 1 rings (SSSR count). The van der Waals surface area contributed by atoms with E-state index in [1.165, 1.54) is 0 Å². The summed E-state index contributed by atoms with van der Waals surface area (Å²) in [6.07, 6.45) is 0. The molecule has 2 N–H and O–H groups in total. The van der Waals surface area contributed by atoms with Crippen molar-refractivity contribution in [1.82, 2.24) is 0 Å². The van der Waals surface area contributed by atoms with Crippen molar-refractivity contribution in [2.45, 2.75) is 13.5 Å². The Hall–Kier alpha value is -0.780. The van der Waals surface area contributed by atoms with Gasteiger partial charge in [0.05, 0.1) is 0 Å². The fourth-order valence-electron chi connectivity index (χ4n) is 0.582. The summed E-state index contributed by atoms with van der Waals surface area (Å²) in [5, 5.41) is 0. The van der Waals surface area contributed by atoms with Gasteiger partial charge in [0, 0.05) is 0 Å². The van der Waals surface area contributed by atoms with E-state index in [2.05, 4.69) is 13.7 Å². The van der Waals surface area contributed by atoms with E-state index < -0.39 is 5.82 Å². The Bertz CT molecular complexity index is 266. The van der Waals surface area contributed by atoms with Crippen LogP contribution in [0, 0.1) is 6.92 Å². The third-order valence-corrected chi connectivity index (χ3v) is 1.05. The molecule has 5 nitrogen and oxygen atoms in total. The molecule has 0 saturated carbocycles. The van der Waals surface area contributed by atoms with Gasteiger partial charge in [0.1, 0.15) is 12.4 Å². The van der Waals surface area contributed by atoms with Gasteiger partial charge in [0.15, 0.2) is 5.76 Å². The number of nitrogens with two attached hydrogens (primary N) is 1. The SMILES string of the molecule is Cc1oc(=O)oc1CON.Cl.